The average molecular weight is 750 g/mol. The summed E-state index contributed by atoms with van der Waals surface area (Å²) >= 11 is 6.48. The molecule has 1 saturated heterocycles. The molecule has 5 aliphatic rings. The molecule has 1 spiro atoms. The van der Waals surface area contributed by atoms with Crippen LogP contribution in [0.3, 0.4) is 0 Å². The van der Waals surface area contributed by atoms with E-state index in [1.807, 2.05) is 30.3 Å². The number of hydrogen-bond acceptors (Lipinski definition) is 7. The number of amides is 1. The lowest BCUT2D eigenvalue weighted by Crippen LogP contribution is -2.48. The number of likely N-dealkylation sites (tertiary alicyclic amines) is 1. The number of unbranched alkanes of at least 4 members (excludes halogenated alkanes) is 1. The van der Waals surface area contributed by atoms with Gasteiger partial charge in [0.1, 0.15) is 11.6 Å². The first-order chi connectivity index (χ1) is 26.0. The van der Waals surface area contributed by atoms with Crippen LogP contribution in [0.1, 0.15) is 106 Å². The third kappa shape index (κ3) is 6.32. The van der Waals surface area contributed by atoms with Crippen molar-refractivity contribution < 1.29 is 14.4 Å². The Balaban J connectivity index is 0.000000411. The zero-order valence-electron chi connectivity index (χ0n) is 32.1. The van der Waals surface area contributed by atoms with Gasteiger partial charge < -0.3 is 19.8 Å². The van der Waals surface area contributed by atoms with Crippen LogP contribution in [-0.2, 0) is 22.2 Å². The van der Waals surface area contributed by atoms with E-state index >= 15 is 0 Å². The van der Waals surface area contributed by atoms with Crippen LogP contribution in [0.25, 0.3) is 16.6 Å². The van der Waals surface area contributed by atoms with Crippen LogP contribution < -0.4 is 20.5 Å². The number of rotatable bonds is 6. The van der Waals surface area contributed by atoms with Gasteiger partial charge in [0, 0.05) is 37.5 Å². The second kappa shape index (κ2) is 14.5. The summed E-state index contributed by atoms with van der Waals surface area (Å²) in [6.07, 6.45) is 11.5. The van der Waals surface area contributed by atoms with E-state index in [9.17, 15) is 9.59 Å². The number of halogens is 1. The van der Waals surface area contributed by atoms with Crippen molar-refractivity contribution in [2.24, 2.45) is 0 Å². The summed E-state index contributed by atoms with van der Waals surface area (Å²) in [6.45, 7) is 11.8. The van der Waals surface area contributed by atoms with Crippen LogP contribution in [-0.4, -0.2) is 65.3 Å². The summed E-state index contributed by atoms with van der Waals surface area (Å²) in [5.74, 6) is 3.46. The smallest absolute Gasteiger partial charge is 0.282 e. The number of hydrogen-bond donors (Lipinski definition) is 1. The van der Waals surface area contributed by atoms with E-state index in [1.54, 1.807) is 13.1 Å². The van der Waals surface area contributed by atoms with Crippen LogP contribution >= 0.6 is 11.6 Å². The standard InChI is InChI=1S/C37H39ClN4O3.C7H13NO/c1-36(2)27-19-23(10-12-29(27)42-30-9-5-8-28(38)32(30)34(43)39-35(36)42)22-6-4-7-24(18-22)41-16-14-37(15-17-41)21-44-33-25-20-40(3)45-31(25)13-11-26(33)37;1-3-4-5-6-7(9)8-2/h5,8-13,19,22,24H,4,6-7,14-18,20-21H2,1-3H3;3H,1,4-6H2,2H3,(H,8,9). The minimum atomic E-state index is -0.377. The minimum Gasteiger partial charge on any atom is -0.492 e. The van der Waals surface area contributed by atoms with E-state index in [4.69, 9.17) is 21.2 Å². The van der Waals surface area contributed by atoms with Crippen LogP contribution in [0.4, 0.5) is 0 Å². The third-order valence-electron chi connectivity index (χ3n) is 12.8. The Hall–Kier alpha value is -4.18. The number of fused-ring (bicyclic) bond motifs is 9. The van der Waals surface area contributed by atoms with Crippen molar-refractivity contribution in [2.75, 3.05) is 33.8 Å². The lowest BCUT2D eigenvalue weighted by molar-refractivity contribution is -0.120. The average Bonchev–Trinajstić information content (AvgIpc) is 3.81. The van der Waals surface area contributed by atoms with Gasteiger partial charge >= 0.3 is 0 Å². The predicted molar refractivity (Wildman–Crippen MR) is 214 cm³/mol. The number of hydroxylamine groups is 2. The van der Waals surface area contributed by atoms with E-state index in [2.05, 4.69) is 70.5 Å². The van der Waals surface area contributed by atoms with Gasteiger partial charge in [0.05, 0.1) is 45.7 Å². The molecule has 1 saturated carbocycles. The monoisotopic (exact) mass is 749 g/mol. The lowest BCUT2D eigenvalue weighted by atomic mass is 9.72. The molecule has 284 valence electrons. The first kappa shape index (κ1) is 36.8. The molecular formula is C44H52ClN5O4. The maximum Gasteiger partial charge on any atom is 0.282 e. The van der Waals surface area contributed by atoms with E-state index in [1.165, 1.54) is 47.9 Å². The number of nitrogens with zero attached hydrogens (tertiary/aromatic N) is 4. The van der Waals surface area contributed by atoms with Crippen molar-refractivity contribution in [2.45, 2.75) is 101 Å². The highest BCUT2D eigenvalue weighted by Crippen LogP contribution is 2.51. The maximum absolute atomic E-state index is 13.1. The van der Waals surface area contributed by atoms with E-state index in [0.717, 1.165) is 80.5 Å². The fourth-order valence-electron chi connectivity index (χ4n) is 9.71. The van der Waals surface area contributed by atoms with Crippen molar-refractivity contribution in [1.82, 2.24) is 24.8 Å². The van der Waals surface area contributed by atoms with Gasteiger partial charge in [0.25, 0.3) is 5.56 Å². The summed E-state index contributed by atoms with van der Waals surface area (Å²) in [5.41, 5.74) is 6.70. The van der Waals surface area contributed by atoms with E-state index in [-0.39, 0.29) is 22.3 Å². The second-order valence-corrected chi connectivity index (χ2v) is 16.8. The Bertz CT molecular complexity index is 2170. The van der Waals surface area contributed by atoms with Crippen molar-refractivity contribution in [3.8, 4) is 17.2 Å². The van der Waals surface area contributed by atoms with Gasteiger partial charge in [0.15, 0.2) is 5.75 Å². The van der Waals surface area contributed by atoms with Gasteiger partial charge in [-0.3, -0.25) is 14.2 Å². The Labute approximate surface area is 323 Å². The molecule has 1 amide bonds. The van der Waals surface area contributed by atoms with Gasteiger partial charge in [-0.1, -0.05) is 48.4 Å². The van der Waals surface area contributed by atoms with Crippen molar-refractivity contribution >= 4 is 28.4 Å². The van der Waals surface area contributed by atoms with Gasteiger partial charge in [0.2, 0.25) is 5.91 Å². The van der Waals surface area contributed by atoms with Crippen molar-refractivity contribution in [1.29, 1.82) is 0 Å². The molecule has 1 aromatic heterocycles. The Morgan fingerprint density at radius 3 is 2.70 bits per heavy atom. The van der Waals surface area contributed by atoms with Crippen LogP contribution in [0, 0.1) is 0 Å². The highest BCUT2D eigenvalue weighted by molar-refractivity contribution is 6.35. The van der Waals surface area contributed by atoms with Gasteiger partial charge in [-0.05, 0) is 113 Å². The zero-order chi connectivity index (χ0) is 37.8. The molecule has 2 unspecified atom stereocenters. The summed E-state index contributed by atoms with van der Waals surface area (Å²) in [4.78, 5) is 36.8. The molecule has 5 heterocycles. The van der Waals surface area contributed by atoms with E-state index in [0.29, 0.717) is 28.8 Å². The molecule has 9 rings (SSSR count). The molecule has 4 aromatic rings. The highest BCUT2D eigenvalue weighted by atomic mass is 35.5. The van der Waals surface area contributed by atoms with Gasteiger partial charge in [-0.15, -0.1) is 11.6 Å². The number of allylic oxidation sites excluding steroid dienone is 1. The fraction of sp³-hybridized carbons (Fsp3) is 0.477. The molecule has 3 aromatic carbocycles. The number of benzene rings is 3. The summed E-state index contributed by atoms with van der Waals surface area (Å²) in [6, 6.07) is 17.7. The lowest BCUT2D eigenvalue weighted by Gasteiger charge is -2.44. The fourth-order valence-corrected chi connectivity index (χ4v) is 9.96. The van der Waals surface area contributed by atoms with Crippen molar-refractivity contribution in [3.63, 3.8) is 0 Å². The SMILES string of the molecule is C=CCCCC(=O)NC.CN1Cc2c(ccc3c2OCC32CCN(C3CCCC(c4ccc5c(c4)C(C)(C)c4nc(=O)c6c(Cl)cccc6n4-5)C3)CC2)O1. The molecular weight excluding hydrogens is 698 g/mol. The topological polar surface area (TPSA) is 88.9 Å². The molecule has 4 aliphatic heterocycles. The number of piperidine rings is 1. The number of nitrogens with one attached hydrogen (secondary N) is 1. The number of ether oxygens (including phenoxy) is 1. The Kier molecular flexibility index (Phi) is 9.86. The number of carbonyl (C=O) groups excluding carboxylic acids is 1. The van der Waals surface area contributed by atoms with Gasteiger partial charge in [-0.25, -0.2) is 0 Å². The summed E-state index contributed by atoms with van der Waals surface area (Å²) in [5, 5.41) is 5.38. The number of aromatic nitrogens is 2. The van der Waals surface area contributed by atoms with Crippen LogP contribution in [0.15, 0.2) is 66.0 Å². The Morgan fingerprint density at radius 1 is 1.11 bits per heavy atom. The largest absolute Gasteiger partial charge is 0.492 e. The molecule has 54 heavy (non-hydrogen) atoms. The molecule has 0 radical (unpaired) electrons. The molecule has 10 heteroatoms. The normalized spacial score (nSPS) is 21.9. The van der Waals surface area contributed by atoms with Gasteiger partial charge in [-0.2, -0.15) is 4.98 Å². The first-order valence-corrected chi connectivity index (χ1v) is 20.0. The first-order valence-electron chi connectivity index (χ1n) is 19.6. The molecule has 2 fully saturated rings. The summed E-state index contributed by atoms with van der Waals surface area (Å²) < 4.78 is 8.55. The van der Waals surface area contributed by atoms with Crippen molar-refractivity contribution in [3.05, 3.63) is 105 Å². The van der Waals surface area contributed by atoms with Crippen LogP contribution in [0.2, 0.25) is 5.02 Å². The predicted octanol–water partition coefficient (Wildman–Crippen LogP) is 7.96. The molecule has 0 bridgehead atoms. The molecule has 1 N–H and O–H groups in total. The summed E-state index contributed by atoms with van der Waals surface area (Å²) in [7, 11) is 3.63. The third-order valence-corrected chi connectivity index (χ3v) is 13.1. The van der Waals surface area contributed by atoms with E-state index < -0.39 is 0 Å². The second-order valence-electron chi connectivity index (χ2n) is 16.4. The zero-order valence-corrected chi connectivity index (χ0v) is 32.8. The molecule has 1 aliphatic carbocycles. The van der Waals surface area contributed by atoms with Crippen LogP contribution in [0.5, 0.6) is 11.5 Å². The quantitative estimate of drug-likeness (QED) is 0.158. The highest BCUT2D eigenvalue weighted by Gasteiger charge is 2.46. The maximum atomic E-state index is 13.1. The minimum absolute atomic E-state index is 0.108. The number of carbonyl (C=O) groups is 1. The molecule has 9 nitrogen and oxygen atoms in total. The molecule has 2 atom stereocenters. The Morgan fingerprint density at radius 2 is 1.93 bits per heavy atom.